The Kier molecular flexibility index (Phi) is 4.51. The number of fused-ring (bicyclic) bond motifs is 1. The Hall–Kier alpha value is -2.82. The predicted octanol–water partition coefficient (Wildman–Crippen LogP) is 2.88. The SMILES string of the molecule is Cc1cc(C)cc(NC(=O)C(=O)NC2CCOc3ccccc32)c1. The van der Waals surface area contributed by atoms with E-state index in [9.17, 15) is 9.59 Å². The molecule has 1 heterocycles. The lowest BCUT2D eigenvalue weighted by Crippen LogP contribution is -2.39. The largest absolute Gasteiger partial charge is 0.493 e. The molecule has 2 N–H and O–H groups in total. The summed E-state index contributed by atoms with van der Waals surface area (Å²) < 4.78 is 5.57. The van der Waals surface area contributed by atoms with Gasteiger partial charge in [-0.1, -0.05) is 24.3 Å². The van der Waals surface area contributed by atoms with Gasteiger partial charge in [-0.15, -0.1) is 0 Å². The van der Waals surface area contributed by atoms with Crippen molar-refractivity contribution in [3.63, 3.8) is 0 Å². The van der Waals surface area contributed by atoms with Crippen molar-refractivity contribution < 1.29 is 14.3 Å². The Labute approximate surface area is 141 Å². The number of ether oxygens (including phenoxy) is 1. The fraction of sp³-hybridized carbons (Fsp3) is 0.263. The molecule has 1 aliphatic heterocycles. The number of benzene rings is 2. The van der Waals surface area contributed by atoms with Gasteiger partial charge in [-0.3, -0.25) is 9.59 Å². The second-order valence-electron chi connectivity index (χ2n) is 6.03. The topological polar surface area (TPSA) is 67.4 Å². The zero-order valence-electron chi connectivity index (χ0n) is 13.8. The first kappa shape index (κ1) is 16.1. The molecule has 124 valence electrons. The van der Waals surface area contributed by atoms with Gasteiger partial charge < -0.3 is 15.4 Å². The molecule has 24 heavy (non-hydrogen) atoms. The lowest BCUT2D eigenvalue weighted by Gasteiger charge is -2.26. The summed E-state index contributed by atoms with van der Waals surface area (Å²) in [5.74, 6) is -0.552. The summed E-state index contributed by atoms with van der Waals surface area (Å²) in [6.45, 7) is 4.41. The number of hydrogen-bond acceptors (Lipinski definition) is 3. The zero-order chi connectivity index (χ0) is 17.1. The van der Waals surface area contributed by atoms with Crippen molar-refractivity contribution in [3.8, 4) is 5.75 Å². The van der Waals surface area contributed by atoms with E-state index in [1.165, 1.54) is 0 Å². The Morgan fingerprint density at radius 3 is 2.50 bits per heavy atom. The first-order valence-electron chi connectivity index (χ1n) is 7.95. The zero-order valence-corrected chi connectivity index (χ0v) is 13.8. The number of nitrogens with one attached hydrogen (secondary N) is 2. The highest BCUT2D eigenvalue weighted by Gasteiger charge is 2.25. The summed E-state index contributed by atoms with van der Waals surface area (Å²) in [4.78, 5) is 24.4. The summed E-state index contributed by atoms with van der Waals surface area (Å²) >= 11 is 0. The minimum Gasteiger partial charge on any atom is -0.493 e. The van der Waals surface area contributed by atoms with E-state index >= 15 is 0 Å². The van der Waals surface area contributed by atoms with E-state index in [0.29, 0.717) is 18.7 Å². The molecule has 2 amide bonds. The van der Waals surface area contributed by atoms with Gasteiger partial charge in [0, 0.05) is 17.7 Å². The standard InChI is InChI=1S/C19H20N2O3/c1-12-9-13(2)11-14(10-12)20-18(22)19(23)21-16-7-8-24-17-6-4-3-5-15(16)17/h3-6,9-11,16H,7-8H2,1-2H3,(H,20,22)(H,21,23). The van der Waals surface area contributed by atoms with Crippen LogP contribution in [0.2, 0.25) is 0 Å². The van der Waals surface area contributed by atoms with E-state index in [1.807, 2.05) is 56.3 Å². The average molecular weight is 324 g/mol. The summed E-state index contributed by atoms with van der Waals surface area (Å²) in [5, 5.41) is 5.45. The smallest absolute Gasteiger partial charge is 0.313 e. The highest BCUT2D eigenvalue weighted by atomic mass is 16.5. The fourth-order valence-corrected chi connectivity index (χ4v) is 2.95. The Morgan fingerprint density at radius 1 is 1.04 bits per heavy atom. The van der Waals surface area contributed by atoms with Gasteiger partial charge in [0.1, 0.15) is 5.75 Å². The molecule has 2 aromatic carbocycles. The van der Waals surface area contributed by atoms with E-state index in [0.717, 1.165) is 22.4 Å². The highest BCUT2D eigenvalue weighted by Crippen LogP contribution is 2.31. The van der Waals surface area contributed by atoms with Crippen LogP contribution in [0, 0.1) is 13.8 Å². The molecule has 0 bridgehead atoms. The van der Waals surface area contributed by atoms with E-state index in [1.54, 1.807) is 0 Å². The summed E-state index contributed by atoms with van der Waals surface area (Å²) in [7, 11) is 0. The van der Waals surface area contributed by atoms with Gasteiger partial charge in [0.25, 0.3) is 0 Å². The van der Waals surface area contributed by atoms with Crippen LogP contribution >= 0.6 is 0 Å². The van der Waals surface area contributed by atoms with Crippen molar-refractivity contribution in [2.45, 2.75) is 26.3 Å². The van der Waals surface area contributed by atoms with Crippen molar-refractivity contribution in [3.05, 3.63) is 59.2 Å². The van der Waals surface area contributed by atoms with Crippen LogP contribution in [0.15, 0.2) is 42.5 Å². The van der Waals surface area contributed by atoms with Crippen LogP contribution in [0.1, 0.15) is 29.2 Å². The number of anilines is 1. The van der Waals surface area contributed by atoms with Crippen LogP contribution in [0.25, 0.3) is 0 Å². The van der Waals surface area contributed by atoms with Gasteiger partial charge in [-0.05, 0) is 43.2 Å². The summed E-state index contributed by atoms with van der Waals surface area (Å²) in [5.41, 5.74) is 3.59. The number of carbonyl (C=O) groups is 2. The molecule has 2 aromatic rings. The molecule has 1 aliphatic rings. The molecule has 0 saturated heterocycles. The lowest BCUT2D eigenvalue weighted by atomic mass is 10.0. The number of amides is 2. The van der Waals surface area contributed by atoms with Crippen molar-refractivity contribution >= 4 is 17.5 Å². The third-order valence-electron chi connectivity index (χ3n) is 3.95. The Balaban J connectivity index is 1.68. The molecule has 0 radical (unpaired) electrons. The van der Waals surface area contributed by atoms with Gasteiger partial charge in [0.05, 0.1) is 12.6 Å². The van der Waals surface area contributed by atoms with E-state index in [2.05, 4.69) is 10.6 Å². The average Bonchev–Trinajstić information content (AvgIpc) is 2.54. The van der Waals surface area contributed by atoms with Gasteiger partial charge in [0.2, 0.25) is 0 Å². The van der Waals surface area contributed by atoms with Crippen LogP contribution in [0.5, 0.6) is 5.75 Å². The monoisotopic (exact) mass is 324 g/mol. The first-order valence-corrected chi connectivity index (χ1v) is 7.95. The summed E-state index contributed by atoms with van der Waals surface area (Å²) in [6.07, 6.45) is 0.638. The van der Waals surface area contributed by atoms with Gasteiger partial charge >= 0.3 is 11.8 Å². The van der Waals surface area contributed by atoms with E-state index < -0.39 is 11.8 Å². The molecule has 3 rings (SSSR count). The Morgan fingerprint density at radius 2 is 1.75 bits per heavy atom. The second-order valence-corrected chi connectivity index (χ2v) is 6.03. The van der Waals surface area contributed by atoms with Crippen LogP contribution in [0.4, 0.5) is 5.69 Å². The number of hydrogen-bond donors (Lipinski definition) is 2. The maximum absolute atomic E-state index is 12.2. The molecule has 1 atom stereocenters. The quantitative estimate of drug-likeness (QED) is 0.835. The fourth-order valence-electron chi connectivity index (χ4n) is 2.95. The number of rotatable bonds is 2. The van der Waals surface area contributed by atoms with E-state index in [4.69, 9.17) is 4.74 Å². The molecule has 0 aliphatic carbocycles. The van der Waals surface area contributed by atoms with Crippen LogP contribution in [0.3, 0.4) is 0 Å². The van der Waals surface area contributed by atoms with Gasteiger partial charge in [0.15, 0.2) is 0 Å². The van der Waals surface area contributed by atoms with Crippen LogP contribution < -0.4 is 15.4 Å². The van der Waals surface area contributed by atoms with Gasteiger partial charge in [-0.2, -0.15) is 0 Å². The number of para-hydroxylation sites is 1. The third-order valence-corrected chi connectivity index (χ3v) is 3.95. The molecule has 5 nitrogen and oxygen atoms in total. The summed E-state index contributed by atoms with van der Waals surface area (Å²) in [6, 6.07) is 13.0. The van der Waals surface area contributed by atoms with Crippen molar-refractivity contribution in [2.24, 2.45) is 0 Å². The van der Waals surface area contributed by atoms with Gasteiger partial charge in [-0.25, -0.2) is 0 Å². The molecule has 0 fully saturated rings. The van der Waals surface area contributed by atoms with E-state index in [-0.39, 0.29) is 6.04 Å². The van der Waals surface area contributed by atoms with Crippen molar-refractivity contribution in [1.82, 2.24) is 5.32 Å². The second kappa shape index (κ2) is 6.74. The number of aryl methyl sites for hydroxylation is 2. The van der Waals surface area contributed by atoms with Crippen LogP contribution in [-0.4, -0.2) is 18.4 Å². The molecule has 0 saturated carbocycles. The first-order chi connectivity index (χ1) is 11.5. The lowest BCUT2D eigenvalue weighted by molar-refractivity contribution is -0.136. The minimum absolute atomic E-state index is 0.215. The molecule has 0 aromatic heterocycles. The predicted molar refractivity (Wildman–Crippen MR) is 92.0 cm³/mol. The molecule has 5 heteroatoms. The molecular formula is C19H20N2O3. The van der Waals surface area contributed by atoms with Crippen molar-refractivity contribution in [2.75, 3.05) is 11.9 Å². The molecular weight excluding hydrogens is 304 g/mol. The normalized spacial score (nSPS) is 15.8. The van der Waals surface area contributed by atoms with Crippen molar-refractivity contribution in [1.29, 1.82) is 0 Å². The number of carbonyl (C=O) groups excluding carboxylic acids is 2. The molecule has 1 unspecified atom stereocenters. The maximum Gasteiger partial charge on any atom is 0.313 e. The van der Waals surface area contributed by atoms with Crippen LogP contribution in [-0.2, 0) is 9.59 Å². The maximum atomic E-state index is 12.2. The third kappa shape index (κ3) is 3.56. The molecule has 0 spiro atoms. The minimum atomic E-state index is -0.663. The Bertz CT molecular complexity index is 766. The highest BCUT2D eigenvalue weighted by molar-refractivity contribution is 6.39.